The SMILES string of the molecule is Brc1cc2c(cc1C1CCCNC1)OCC1(CC1)CO2. The Morgan fingerprint density at radius 2 is 1.90 bits per heavy atom. The Kier molecular flexibility index (Phi) is 3.19. The zero-order chi connectivity index (χ0) is 13.6. The lowest BCUT2D eigenvalue weighted by atomic mass is 9.91. The summed E-state index contributed by atoms with van der Waals surface area (Å²) in [5.41, 5.74) is 1.66. The van der Waals surface area contributed by atoms with E-state index in [1.807, 2.05) is 0 Å². The zero-order valence-corrected chi connectivity index (χ0v) is 13.2. The van der Waals surface area contributed by atoms with E-state index < -0.39 is 0 Å². The van der Waals surface area contributed by atoms with E-state index in [1.54, 1.807) is 0 Å². The highest BCUT2D eigenvalue weighted by Crippen LogP contribution is 2.50. The van der Waals surface area contributed by atoms with Crippen molar-refractivity contribution in [2.75, 3.05) is 26.3 Å². The molecule has 0 radical (unpaired) electrons. The van der Waals surface area contributed by atoms with Crippen LogP contribution in [-0.2, 0) is 0 Å². The molecule has 4 rings (SSSR count). The summed E-state index contributed by atoms with van der Waals surface area (Å²) in [7, 11) is 0. The number of hydrogen-bond acceptors (Lipinski definition) is 3. The molecule has 4 heteroatoms. The van der Waals surface area contributed by atoms with E-state index in [1.165, 1.54) is 31.2 Å². The Hall–Kier alpha value is -0.740. The van der Waals surface area contributed by atoms with Crippen LogP contribution >= 0.6 is 15.9 Å². The normalized spacial score (nSPS) is 27.1. The summed E-state index contributed by atoms with van der Waals surface area (Å²) in [5.74, 6) is 2.40. The highest BCUT2D eigenvalue weighted by atomic mass is 79.9. The third-order valence-corrected chi connectivity index (χ3v) is 5.51. The fourth-order valence-corrected chi connectivity index (χ4v) is 3.82. The number of ether oxygens (including phenoxy) is 2. The standard InChI is InChI=1S/C16H20BrNO2/c17-13-7-15-14(19-9-16(3-4-16)10-20-15)6-12(13)11-2-1-5-18-8-11/h6-7,11,18H,1-5,8-10H2. The molecule has 3 nitrogen and oxygen atoms in total. The number of piperidine rings is 1. The third-order valence-electron chi connectivity index (χ3n) is 4.82. The van der Waals surface area contributed by atoms with E-state index in [0.29, 0.717) is 11.3 Å². The molecule has 0 amide bonds. The van der Waals surface area contributed by atoms with Gasteiger partial charge < -0.3 is 14.8 Å². The maximum absolute atomic E-state index is 6.05. The molecule has 2 fully saturated rings. The summed E-state index contributed by atoms with van der Waals surface area (Å²) in [5, 5.41) is 3.48. The molecule has 1 unspecified atom stereocenters. The molecular weight excluding hydrogens is 318 g/mol. The summed E-state index contributed by atoms with van der Waals surface area (Å²) in [4.78, 5) is 0. The first kappa shape index (κ1) is 13.0. The summed E-state index contributed by atoms with van der Waals surface area (Å²) >= 11 is 3.72. The van der Waals surface area contributed by atoms with Gasteiger partial charge in [-0.1, -0.05) is 15.9 Å². The van der Waals surface area contributed by atoms with Gasteiger partial charge >= 0.3 is 0 Å². The Bertz CT molecular complexity index is 521. The Morgan fingerprint density at radius 1 is 1.15 bits per heavy atom. The lowest BCUT2D eigenvalue weighted by Crippen LogP contribution is -2.28. The summed E-state index contributed by atoms with van der Waals surface area (Å²) in [6.45, 7) is 3.81. The minimum Gasteiger partial charge on any atom is -0.489 e. The molecule has 3 aliphatic rings. The van der Waals surface area contributed by atoms with Gasteiger partial charge in [0.2, 0.25) is 0 Å². The van der Waals surface area contributed by atoms with E-state index in [4.69, 9.17) is 9.47 Å². The van der Waals surface area contributed by atoms with E-state index in [-0.39, 0.29) is 0 Å². The van der Waals surface area contributed by atoms with Crippen LogP contribution in [0, 0.1) is 5.41 Å². The van der Waals surface area contributed by atoms with Crippen molar-refractivity contribution in [2.45, 2.75) is 31.6 Å². The fourth-order valence-electron chi connectivity index (χ4n) is 3.18. The second-order valence-corrected chi connectivity index (χ2v) is 7.30. The molecule has 1 aromatic rings. The van der Waals surface area contributed by atoms with Gasteiger partial charge in [0, 0.05) is 16.4 Å². The van der Waals surface area contributed by atoms with E-state index in [0.717, 1.165) is 42.3 Å². The van der Waals surface area contributed by atoms with Crippen molar-refractivity contribution in [3.05, 3.63) is 22.2 Å². The fraction of sp³-hybridized carbons (Fsp3) is 0.625. The van der Waals surface area contributed by atoms with Crippen LogP contribution in [0.5, 0.6) is 11.5 Å². The second-order valence-electron chi connectivity index (χ2n) is 6.44. The number of benzene rings is 1. The number of rotatable bonds is 1. The van der Waals surface area contributed by atoms with Gasteiger partial charge in [0.05, 0.1) is 13.2 Å². The molecule has 1 atom stereocenters. The maximum Gasteiger partial charge on any atom is 0.162 e. The number of halogens is 1. The topological polar surface area (TPSA) is 30.5 Å². The highest BCUT2D eigenvalue weighted by Gasteiger charge is 2.46. The van der Waals surface area contributed by atoms with Gasteiger partial charge in [0.15, 0.2) is 11.5 Å². The predicted octanol–water partition coefficient (Wildman–Crippen LogP) is 3.47. The molecule has 1 N–H and O–H groups in total. The molecule has 1 aliphatic carbocycles. The van der Waals surface area contributed by atoms with Crippen LogP contribution < -0.4 is 14.8 Å². The van der Waals surface area contributed by atoms with Crippen LogP contribution in [-0.4, -0.2) is 26.3 Å². The van der Waals surface area contributed by atoms with Gasteiger partial charge in [-0.25, -0.2) is 0 Å². The number of nitrogens with one attached hydrogen (secondary N) is 1. The molecule has 2 aliphatic heterocycles. The average Bonchev–Trinajstić information content (AvgIpc) is 3.27. The van der Waals surface area contributed by atoms with Crippen LogP contribution in [0.4, 0.5) is 0 Å². The van der Waals surface area contributed by atoms with Gasteiger partial charge in [0.25, 0.3) is 0 Å². The average molecular weight is 338 g/mol. The first-order chi connectivity index (χ1) is 9.76. The summed E-state index contributed by atoms with van der Waals surface area (Å²) < 4.78 is 13.2. The molecule has 0 aromatic heterocycles. The minimum absolute atomic E-state index is 0.304. The molecule has 1 spiro atoms. The van der Waals surface area contributed by atoms with Gasteiger partial charge in [-0.05, 0) is 55.8 Å². The third kappa shape index (κ3) is 2.33. The highest BCUT2D eigenvalue weighted by molar-refractivity contribution is 9.10. The van der Waals surface area contributed by atoms with Gasteiger partial charge in [-0.2, -0.15) is 0 Å². The van der Waals surface area contributed by atoms with E-state index >= 15 is 0 Å². The molecule has 1 aromatic carbocycles. The number of fused-ring (bicyclic) bond motifs is 1. The molecule has 1 saturated carbocycles. The van der Waals surface area contributed by atoms with Crippen molar-refractivity contribution in [3.8, 4) is 11.5 Å². The molecule has 2 heterocycles. The molecule has 1 saturated heterocycles. The van der Waals surface area contributed by atoms with Crippen molar-refractivity contribution in [1.82, 2.24) is 5.32 Å². The van der Waals surface area contributed by atoms with Crippen LogP contribution in [0.3, 0.4) is 0 Å². The summed E-state index contributed by atoms with van der Waals surface area (Å²) in [6.07, 6.45) is 4.97. The largest absolute Gasteiger partial charge is 0.489 e. The van der Waals surface area contributed by atoms with Gasteiger partial charge in [0.1, 0.15) is 0 Å². The Morgan fingerprint density at radius 3 is 2.55 bits per heavy atom. The van der Waals surface area contributed by atoms with Crippen LogP contribution in [0.25, 0.3) is 0 Å². The van der Waals surface area contributed by atoms with E-state index in [2.05, 4.69) is 33.4 Å². The van der Waals surface area contributed by atoms with Crippen molar-refractivity contribution in [2.24, 2.45) is 5.41 Å². The summed E-state index contributed by atoms with van der Waals surface area (Å²) in [6, 6.07) is 4.29. The van der Waals surface area contributed by atoms with Crippen molar-refractivity contribution < 1.29 is 9.47 Å². The quantitative estimate of drug-likeness (QED) is 0.851. The van der Waals surface area contributed by atoms with Gasteiger partial charge in [-0.3, -0.25) is 0 Å². The number of hydrogen-bond donors (Lipinski definition) is 1. The van der Waals surface area contributed by atoms with Crippen LogP contribution in [0.15, 0.2) is 16.6 Å². The molecule has 20 heavy (non-hydrogen) atoms. The van der Waals surface area contributed by atoms with E-state index in [9.17, 15) is 0 Å². The molecular formula is C16H20BrNO2. The zero-order valence-electron chi connectivity index (χ0n) is 11.6. The first-order valence-corrected chi connectivity index (χ1v) is 8.35. The van der Waals surface area contributed by atoms with Gasteiger partial charge in [-0.15, -0.1) is 0 Å². The minimum atomic E-state index is 0.304. The lowest BCUT2D eigenvalue weighted by molar-refractivity contribution is 0.197. The van der Waals surface area contributed by atoms with Crippen molar-refractivity contribution >= 4 is 15.9 Å². The lowest BCUT2D eigenvalue weighted by Gasteiger charge is -2.25. The Balaban J connectivity index is 1.63. The van der Waals surface area contributed by atoms with Crippen molar-refractivity contribution in [3.63, 3.8) is 0 Å². The van der Waals surface area contributed by atoms with Crippen LogP contribution in [0.1, 0.15) is 37.2 Å². The monoisotopic (exact) mass is 337 g/mol. The second kappa shape index (κ2) is 4.92. The predicted molar refractivity (Wildman–Crippen MR) is 81.6 cm³/mol. The van der Waals surface area contributed by atoms with Crippen molar-refractivity contribution in [1.29, 1.82) is 0 Å². The Labute approximate surface area is 128 Å². The maximum atomic E-state index is 6.05. The smallest absolute Gasteiger partial charge is 0.162 e. The van der Waals surface area contributed by atoms with Crippen LogP contribution in [0.2, 0.25) is 0 Å². The molecule has 108 valence electrons. The molecule has 0 bridgehead atoms. The first-order valence-electron chi connectivity index (χ1n) is 7.56.